The molecule has 1 aliphatic carbocycles. The number of aromatic nitrogens is 2. The first-order valence-electron chi connectivity index (χ1n) is 10.6. The van der Waals surface area contributed by atoms with Gasteiger partial charge in [-0.3, -0.25) is 14.0 Å². The SMILES string of the molecule is CCOc1cccn2c(C(=O)C[C@@H]3c4ccsc4C[C@H]3C(=O)OC(C)(C)C)c(C)nc12. The molecule has 4 rings (SSSR count). The fraction of sp³-hybridized carbons (Fsp3) is 0.458. The Morgan fingerprint density at radius 2 is 2.06 bits per heavy atom. The van der Waals surface area contributed by atoms with Gasteiger partial charge in [-0.2, -0.15) is 0 Å². The molecular weight excluding hydrogens is 412 g/mol. The number of carbonyl (C=O) groups is 2. The second-order valence-electron chi connectivity index (χ2n) is 8.92. The van der Waals surface area contributed by atoms with Gasteiger partial charge in [-0.1, -0.05) is 0 Å². The topological polar surface area (TPSA) is 69.9 Å². The van der Waals surface area contributed by atoms with Crippen LogP contribution in [0, 0.1) is 12.8 Å². The van der Waals surface area contributed by atoms with Crippen molar-refractivity contribution < 1.29 is 19.1 Å². The third-order valence-electron chi connectivity index (χ3n) is 5.54. The van der Waals surface area contributed by atoms with Gasteiger partial charge in [0, 0.05) is 23.4 Å². The van der Waals surface area contributed by atoms with Crippen LogP contribution in [0.2, 0.25) is 0 Å². The van der Waals surface area contributed by atoms with Gasteiger partial charge < -0.3 is 9.47 Å². The summed E-state index contributed by atoms with van der Waals surface area (Å²) in [4.78, 5) is 32.2. The Bertz CT molecular complexity index is 1140. The van der Waals surface area contributed by atoms with Crippen LogP contribution >= 0.6 is 11.3 Å². The van der Waals surface area contributed by atoms with Gasteiger partial charge in [0.15, 0.2) is 17.2 Å². The number of esters is 1. The number of thiophene rings is 1. The summed E-state index contributed by atoms with van der Waals surface area (Å²) in [6, 6.07) is 5.75. The minimum Gasteiger partial charge on any atom is -0.490 e. The maximum Gasteiger partial charge on any atom is 0.310 e. The molecule has 1 aliphatic rings. The van der Waals surface area contributed by atoms with Crippen molar-refractivity contribution in [1.29, 1.82) is 0 Å². The largest absolute Gasteiger partial charge is 0.490 e. The molecular formula is C24H28N2O4S. The molecule has 0 unspecified atom stereocenters. The van der Waals surface area contributed by atoms with Crippen molar-refractivity contribution >= 4 is 28.7 Å². The first-order valence-corrected chi connectivity index (χ1v) is 11.5. The Morgan fingerprint density at radius 1 is 1.29 bits per heavy atom. The third-order valence-corrected chi connectivity index (χ3v) is 6.50. The van der Waals surface area contributed by atoms with Crippen molar-refractivity contribution in [3.8, 4) is 5.75 Å². The van der Waals surface area contributed by atoms with E-state index in [1.807, 2.05) is 64.4 Å². The summed E-state index contributed by atoms with van der Waals surface area (Å²) in [5.41, 5.74) is 2.38. The molecule has 0 aliphatic heterocycles. The smallest absolute Gasteiger partial charge is 0.310 e. The van der Waals surface area contributed by atoms with Gasteiger partial charge in [0.25, 0.3) is 0 Å². The maximum atomic E-state index is 13.5. The van der Waals surface area contributed by atoms with Gasteiger partial charge in [0.05, 0.1) is 18.2 Å². The van der Waals surface area contributed by atoms with Crippen LogP contribution in [0.5, 0.6) is 5.75 Å². The zero-order valence-corrected chi connectivity index (χ0v) is 19.4. The molecule has 7 heteroatoms. The van der Waals surface area contributed by atoms with Crippen LogP contribution in [0.3, 0.4) is 0 Å². The zero-order chi connectivity index (χ0) is 22.3. The normalized spacial score (nSPS) is 18.2. The minimum absolute atomic E-state index is 0.0312. The summed E-state index contributed by atoms with van der Waals surface area (Å²) in [5, 5.41) is 2.03. The van der Waals surface area contributed by atoms with Gasteiger partial charge in [-0.25, -0.2) is 4.98 Å². The fourth-order valence-electron chi connectivity index (χ4n) is 4.34. The zero-order valence-electron chi connectivity index (χ0n) is 18.6. The summed E-state index contributed by atoms with van der Waals surface area (Å²) in [6.07, 6.45) is 2.70. The predicted octanol–water partition coefficient (Wildman–Crippen LogP) is 4.97. The van der Waals surface area contributed by atoms with Crippen LogP contribution in [-0.2, 0) is 16.0 Å². The van der Waals surface area contributed by atoms with Crippen LogP contribution in [0.25, 0.3) is 5.65 Å². The summed E-state index contributed by atoms with van der Waals surface area (Å²) in [5.74, 6) is -0.147. The van der Waals surface area contributed by atoms with Crippen LogP contribution in [-0.4, -0.2) is 33.3 Å². The lowest BCUT2D eigenvalue weighted by atomic mass is 9.87. The minimum atomic E-state index is -0.560. The number of pyridine rings is 1. The van der Waals surface area contributed by atoms with E-state index in [4.69, 9.17) is 9.47 Å². The van der Waals surface area contributed by atoms with Crippen molar-refractivity contribution in [3.63, 3.8) is 0 Å². The van der Waals surface area contributed by atoms with Gasteiger partial charge in [0.2, 0.25) is 0 Å². The number of ketones is 1. The molecule has 0 bridgehead atoms. The monoisotopic (exact) mass is 440 g/mol. The number of nitrogens with zero attached hydrogens (tertiary/aromatic N) is 2. The second kappa shape index (κ2) is 8.11. The van der Waals surface area contributed by atoms with E-state index in [0.717, 1.165) is 5.56 Å². The van der Waals surface area contributed by atoms with Gasteiger partial charge in [-0.05, 0) is 70.2 Å². The van der Waals surface area contributed by atoms with Gasteiger partial charge in [0.1, 0.15) is 11.3 Å². The lowest BCUT2D eigenvalue weighted by Crippen LogP contribution is -2.31. The lowest BCUT2D eigenvalue weighted by molar-refractivity contribution is -0.160. The fourth-order valence-corrected chi connectivity index (χ4v) is 5.35. The highest BCUT2D eigenvalue weighted by molar-refractivity contribution is 7.10. The summed E-state index contributed by atoms with van der Waals surface area (Å²) >= 11 is 1.64. The standard InChI is InChI=1S/C24H28N2O4S/c1-6-29-19-8-7-10-26-21(14(2)25-22(19)26)18(27)12-16-15-9-11-31-20(15)13-17(16)23(28)30-24(3,4)5/h7-11,16-17H,6,12-13H2,1-5H3/t16-,17-/m1/s1. The Kier molecular flexibility index (Phi) is 5.64. The third kappa shape index (κ3) is 4.11. The van der Waals surface area contributed by atoms with Crippen molar-refractivity contribution in [1.82, 2.24) is 9.38 Å². The molecule has 0 aromatic carbocycles. The molecule has 0 fully saturated rings. The lowest BCUT2D eigenvalue weighted by Gasteiger charge is -2.25. The van der Waals surface area contributed by atoms with Crippen LogP contribution < -0.4 is 4.74 Å². The van der Waals surface area contributed by atoms with Gasteiger partial charge in [-0.15, -0.1) is 11.3 Å². The average Bonchev–Trinajstić information content (AvgIpc) is 3.34. The Balaban J connectivity index is 1.66. The van der Waals surface area contributed by atoms with Crippen LogP contribution in [0.1, 0.15) is 66.7 Å². The Morgan fingerprint density at radius 3 is 2.77 bits per heavy atom. The number of Topliss-reactive ketones (excluding diaryl/α,β-unsaturated/α-hetero) is 1. The number of hydrogen-bond donors (Lipinski definition) is 0. The van der Waals surface area contributed by atoms with E-state index in [1.165, 1.54) is 4.88 Å². The number of hydrogen-bond acceptors (Lipinski definition) is 6. The van der Waals surface area contributed by atoms with E-state index in [1.54, 1.807) is 15.7 Å². The molecule has 0 radical (unpaired) electrons. The highest BCUT2D eigenvalue weighted by Gasteiger charge is 2.41. The quantitative estimate of drug-likeness (QED) is 0.400. The Hall–Kier alpha value is -2.67. The first-order chi connectivity index (χ1) is 14.7. The van der Waals surface area contributed by atoms with Crippen LogP contribution in [0.4, 0.5) is 0 Å². The highest BCUT2D eigenvalue weighted by Crippen LogP contribution is 2.44. The average molecular weight is 441 g/mol. The number of imidazole rings is 1. The van der Waals surface area contributed by atoms with E-state index in [-0.39, 0.29) is 30.0 Å². The molecule has 0 saturated carbocycles. The van der Waals surface area contributed by atoms with Crippen molar-refractivity contribution in [3.05, 3.63) is 51.6 Å². The van der Waals surface area contributed by atoms with E-state index >= 15 is 0 Å². The summed E-state index contributed by atoms with van der Waals surface area (Å²) in [6.45, 7) is 9.89. The molecule has 3 heterocycles. The number of carbonyl (C=O) groups excluding carboxylic acids is 2. The second-order valence-corrected chi connectivity index (χ2v) is 9.92. The molecule has 6 nitrogen and oxygen atoms in total. The predicted molar refractivity (Wildman–Crippen MR) is 120 cm³/mol. The molecule has 3 aromatic rings. The molecule has 3 aromatic heterocycles. The van der Waals surface area contributed by atoms with E-state index in [0.29, 0.717) is 35.8 Å². The molecule has 0 saturated heterocycles. The highest BCUT2D eigenvalue weighted by atomic mass is 32.1. The first kappa shape index (κ1) is 21.6. The maximum absolute atomic E-state index is 13.5. The van der Waals surface area contributed by atoms with Crippen LogP contribution in [0.15, 0.2) is 29.8 Å². The number of rotatable bonds is 6. The molecule has 2 atom stereocenters. The van der Waals surface area contributed by atoms with Gasteiger partial charge >= 0.3 is 5.97 Å². The molecule has 31 heavy (non-hydrogen) atoms. The number of ether oxygens (including phenoxy) is 2. The summed E-state index contributed by atoms with van der Waals surface area (Å²) < 4.78 is 13.2. The molecule has 0 spiro atoms. The molecule has 164 valence electrons. The molecule has 0 N–H and O–H groups in total. The van der Waals surface area contributed by atoms with Crippen molar-refractivity contribution in [2.75, 3.05) is 6.61 Å². The van der Waals surface area contributed by atoms with E-state index < -0.39 is 5.60 Å². The Labute approximate surface area is 186 Å². The summed E-state index contributed by atoms with van der Waals surface area (Å²) in [7, 11) is 0. The van der Waals surface area contributed by atoms with Crippen molar-refractivity contribution in [2.24, 2.45) is 5.92 Å². The van der Waals surface area contributed by atoms with Crippen molar-refractivity contribution in [2.45, 2.75) is 59.0 Å². The van der Waals surface area contributed by atoms with E-state index in [9.17, 15) is 9.59 Å². The molecule has 0 amide bonds. The number of aryl methyl sites for hydroxylation is 1. The van der Waals surface area contributed by atoms with E-state index in [2.05, 4.69) is 4.98 Å². The number of fused-ring (bicyclic) bond motifs is 2.